The highest BCUT2D eigenvalue weighted by Crippen LogP contribution is 2.16. The summed E-state index contributed by atoms with van der Waals surface area (Å²) in [6.45, 7) is 4.89. The smallest absolute Gasteiger partial charge is 0.305 e. The van der Waals surface area contributed by atoms with Gasteiger partial charge >= 0.3 is 5.97 Å². The average Bonchev–Trinajstić information content (AvgIpc) is 3.27. The van der Waals surface area contributed by atoms with Crippen LogP contribution in [0.1, 0.15) is 284 Å². The van der Waals surface area contributed by atoms with Gasteiger partial charge in [0.05, 0.1) is 25.4 Å². The lowest BCUT2D eigenvalue weighted by molar-refractivity contribution is -0.143. The summed E-state index contributed by atoms with van der Waals surface area (Å²) in [6.07, 6.45) is 62.6. The number of unbranched alkanes of at least 4 members (excludes halogenated alkanes) is 33. The fourth-order valence-corrected chi connectivity index (χ4v) is 8.19. The summed E-state index contributed by atoms with van der Waals surface area (Å²) in [5, 5.41) is 23.2. The highest BCUT2D eigenvalue weighted by atomic mass is 16.5. The summed E-state index contributed by atoms with van der Waals surface area (Å²) in [6, 6.07) is -0.553. The van der Waals surface area contributed by atoms with Gasteiger partial charge in [0.2, 0.25) is 5.91 Å². The molecule has 0 fully saturated rings. The minimum atomic E-state index is -0.674. The average molecular weight is 872 g/mol. The third kappa shape index (κ3) is 47.6. The Labute approximate surface area is 385 Å². The van der Waals surface area contributed by atoms with E-state index in [2.05, 4.69) is 55.6 Å². The molecule has 0 aliphatic rings. The third-order valence-corrected chi connectivity index (χ3v) is 12.4. The molecular weight excluding hydrogens is 767 g/mol. The van der Waals surface area contributed by atoms with Crippen molar-refractivity contribution < 1.29 is 24.5 Å². The minimum absolute atomic E-state index is 0.0110. The number of aliphatic hydroxyl groups excluding tert-OH is 2. The van der Waals surface area contributed by atoms with Gasteiger partial charge in [-0.05, 0) is 83.5 Å². The topological polar surface area (TPSA) is 95.9 Å². The number of esters is 1. The third-order valence-electron chi connectivity index (χ3n) is 12.4. The molecule has 0 aliphatic heterocycles. The molecule has 0 radical (unpaired) electrons. The zero-order chi connectivity index (χ0) is 45.1. The highest BCUT2D eigenvalue weighted by molar-refractivity contribution is 5.76. The van der Waals surface area contributed by atoms with Gasteiger partial charge in [-0.15, -0.1) is 0 Å². The quantitative estimate of drug-likeness (QED) is 0.0321. The molecule has 62 heavy (non-hydrogen) atoms. The summed E-state index contributed by atoms with van der Waals surface area (Å²) < 4.78 is 5.47. The van der Waals surface area contributed by atoms with Crippen LogP contribution in [0.3, 0.4) is 0 Å². The van der Waals surface area contributed by atoms with Crippen LogP contribution >= 0.6 is 0 Å². The van der Waals surface area contributed by atoms with E-state index < -0.39 is 12.1 Å². The SMILES string of the molecule is CCCCC/C=C\C/C=C\CCCCCCCCCC(=O)OCCCCCCCCC/C=C\CCCCCCCC(=O)NC(CO)C(O)CCCCCCCCCCCCCC. The molecule has 0 saturated carbocycles. The summed E-state index contributed by atoms with van der Waals surface area (Å²) >= 11 is 0. The van der Waals surface area contributed by atoms with Crippen molar-refractivity contribution in [2.75, 3.05) is 13.2 Å². The van der Waals surface area contributed by atoms with E-state index in [0.717, 1.165) is 70.6 Å². The summed E-state index contributed by atoms with van der Waals surface area (Å²) in [5.74, 6) is -0.0644. The van der Waals surface area contributed by atoms with Crippen molar-refractivity contribution in [1.82, 2.24) is 5.32 Å². The predicted octanol–water partition coefficient (Wildman–Crippen LogP) is 16.5. The maximum absolute atomic E-state index is 12.4. The van der Waals surface area contributed by atoms with Gasteiger partial charge in [0.15, 0.2) is 0 Å². The van der Waals surface area contributed by atoms with Gasteiger partial charge < -0.3 is 20.3 Å². The molecule has 0 aromatic carbocycles. The van der Waals surface area contributed by atoms with Crippen molar-refractivity contribution >= 4 is 11.9 Å². The van der Waals surface area contributed by atoms with Crippen LogP contribution < -0.4 is 5.32 Å². The minimum Gasteiger partial charge on any atom is -0.466 e. The molecule has 0 spiro atoms. The number of carbonyl (C=O) groups excluding carboxylic acids is 2. The zero-order valence-corrected chi connectivity index (χ0v) is 41.4. The highest BCUT2D eigenvalue weighted by Gasteiger charge is 2.20. The van der Waals surface area contributed by atoms with Crippen LogP contribution in [0.15, 0.2) is 36.5 Å². The number of amides is 1. The molecule has 364 valence electrons. The molecule has 6 nitrogen and oxygen atoms in total. The lowest BCUT2D eigenvalue weighted by Gasteiger charge is -2.22. The van der Waals surface area contributed by atoms with Crippen LogP contribution in [-0.4, -0.2) is 47.4 Å². The van der Waals surface area contributed by atoms with E-state index in [1.807, 2.05) is 0 Å². The van der Waals surface area contributed by atoms with Crippen LogP contribution in [0, 0.1) is 0 Å². The molecule has 0 aromatic heterocycles. The lowest BCUT2D eigenvalue weighted by atomic mass is 10.0. The van der Waals surface area contributed by atoms with E-state index in [0.29, 0.717) is 25.9 Å². The Bertz CT molecular complexity index is 1010. The van der Waals surface area contributed by atoms with Gasteiger partial charge in [0.1, 0.15) is 0 Å². The van der Waals surface area contributed by atoms with Crippen molar-refractivity contribution in [3.05, 3.63) is 36.5 Å². The second-order valence-corrected chi connectivity index (χ2v) is 18.6. The van der Waals surface area contributed by atoms with E-state index in [1.165, 1.54) is 180 Å². The molecule has 0 bridgehead atoms. The number of aliphatic hydroxyl groups is 2. The number of rotatable bonds is 50. The van der Waals surface area contributed by atoms with E-state index in [9.17, 15) is 19.8 Å². The molecule has 0 aromatic rings. The van der Waals surface area contributed by atoms with Gasteiger partial charge in [-0.3, -0.25) is 9.59 Å². The molecule has 2 unspecified atom stereocenters. The molecule has 0 heterocycles. The Morgan fingerprint density at radius 2 is 0.806 bits per heavy atom. The standard InChI is InChI=1S/C56H105NO5/c1-3-5-7-9-11-13-15-17-18-19-23-26-30-34-38-42-46-50-56(61)62-51-47-43-39-35-31-27-24-21-20-22-25-29-33-37-41-45-49-55(60)57-53(52-58)54(59)48-44-40-36-32-28-16-14-12-10-8-6-4-2/h11,13,17-18,20,22,53-54,58-59H,3-10,12,14-16,19,21,23-52H2,1-2H3,(H,57,60)/b13-11-,18-17-,22-20-. The first-order chi connectivity index (χ1) is 30.5. The summed E-state index contributed by atoms with van der Waals surface area (Å²) in [5.41, 5.74) is 0. The van der Waals surface area contributed by atoms with Crippen LogP contribution in [0.5, 0.6) is 0 Å². The van der Waals surface area contributed by atoms with Crippen molar-refractivity contribution in [3.63, 3.8) is 0 Å². The molecule has 1 amide bonds. The number of nitrogens with one attached hydrogen (secondary N) is 1. The molecular formula is C56H105NO5. The summed E-state index contributed by atoms with van der Waals surface area (Å²) in [4.78, 5) is 24.5. The van der Waals surface area contributed by atoms with Gasteiger partial charge in [0, 0.05) is 12.8 Å². The lowest BCUT2D eigenvalue weighted by Crippen LogP contribution is -2.45. The fourth-order valence-electron chi connectivity index (χ4n) is 8.19. The van der Waals surface area contributed by atoms with Crippen LogP contribution in [0.25, 0.3) is 0 Å². The van der Waals surface area contributed by atoms with E-state index in [-0.39, 0.29) is 18.5 Å². The number of ether oxygens (including phenoxy) is 1. The van der Waals surface area contributed by atoms with Crippen LogP contribution in [0.4, 0.5) is 0 Å². The first-order valence-electron chi connectivity index (χ1n) is 27.2. The van der Waals surface area contributed by atoms with Crippen molar-refractivity contribution in [2.45, 2.75) is 296 Å². The Hall–Kier alpha value is -1.92. The number of carbonyl (C=O) groups is 2. The van der Waals surface area contributed by atoms with Crippen LogP contribution in [-0.2, 0) is 14.3 Å². The van der Waals surface area contributed by atoms with Gasteiger partial charge in [-0.2, -0.15) is 0 Å². The molecule has 6 heteroatoms. The molecule has 0 aliphatic carbocycles. The van der Waals surface area contributed by atoms with Gasteiger partial charge in [-0.1, -0.05) is 224 Å². The fraction of sp³-hybridized carbons (Fsp3) is 0.857. The molecule has 0 rings (SSSR count). The van der Waals surface area contributed by atoms with Crippen molar-refractivity contribution in [3.8, 4) is 0 Å². The van der Waals surface area contributed by atoms with E-state index in [1.54, 1.807) is 0 Å². The van der Waals surface area contributed by atoms with Gasteiger partial charge in [0.25, 0.3) is 0 Å². The summed E-state index contributed by atoms with van der Waals surface area (Å²) in [7, 11) is 0. The van der Waals surface area contributed by atoms with Crippen molar-refractivity contribution in [1.29, 1.82) is 0 Å². The van der Waals surface area contributed by atoms with Crippen molar-refractivity contribution in [2.24, 2.45) is 0 Å². The number of hydrogen-bond donors (Lipinski definition) is 3. The first-order valence-corrected chi connectivity index (χ1v) is 27.2. The van der Waals surface area contributed by atoms with Crippen LogP contribution in [0.2, 0.25) is 0 Å². The van der Waals surface area contributed by atoms with E-state index in [4.69, 9.17) is 4.74 Å². The number of allylic oxidation sites excluding steroid dienone is 6. The maximum atomic E-state index is 12.4. The molecule has 3 N–H and O–H groups in total. The molecule has 0 saturated heterocycles. The predicted molar refractivity (Wildman–Crippen MR) is 269 cm³/mol. The normalized spacial score (nSPS) is 12.9. The number of hydrogen-bond acceptors (Lipinski definition) is 5. The molecule has 2 atom stereocenters. The Balaban J connectivity index is 3.46. The first kappa shape index (κ1) is 60.1. The second-order valence-electron chi connectivity index (χ2n) is 18.6. The monoisotopic (exact) mass is 872 g/mol. The maximum Gasteiger partial charge on any atom is 0.305 e. The zero-order valence-electron chi connectivity index (χ0n) is 41.4. The van der Waals surface area contributed by atoms with Gasteiger partial charge in [-0.25, -0.2) is 0 Å². The Morgan fingerprint density at radius 1 is 0.452 bits per heavy atom. The largest absolute Gasteiger partial charge is 0.466 e. The Kier molecular flexibility index (Phi) is 50.1. The second kappa shape index (κ2) is 51.7. The van der Waals surface area contributed by atoms with E-state index >= 15 is 0 Å². The Morgan fingerprint density at radius 3 is 1.27 bits per heavy atom.